The zero-order valence-electron chi connectivity index (χ0n) is 23.4. The first-order valence-corrected chi connectivity index (χ1v) is 14.4. The third kappa shape index (κ3) is 8.72. The van der Waals surface area contributed by atoms with Crippen molar-refractivity contribution in [3.63, 3.8) is 0 Å². The molecule has 4 aromatic rings. The SMILES string of the molecule is CCC(=O)O[C@@](Cc1ccccc1)(c1ccccc1)[C@H](C)CN(C)C.O.O=S(=O)(O)c1ccc2ccccc2c1. The van der Waals surface area contributed by atoms with Gasteiger partial charge >= 0.3 is 5.97 Å². The normalized spacial score (nSPS) is 13.3. The summed E-state index contributed by atoms with van der Waals surface area (Å²) in [5.41, 5.74) is 1.54. The zero-order chi connectivity index (χ0) is 28.5. The van der Waals surface area contributed by atoms with Gasteiger partial charge in [-0.1, -0.05) is 105 Å². The number of hydrogen-bond donors (Lipinski definition) is 1. The van der Waals surface area contributed by atoms with Gasteiger partial charge in [0.1, 0.15) is 5.60 Å². The van der Waals surface area contributed by atoms with Crippen LogP contribution in [0.25, 0.3) is 10.8 Å². The van der Waals surface area contributed by atoms with E-state index in [9.17, 15) is 13.2 Å². The second kappa shape index (κ2) is 14.7. The van der Waals surface area contributed by atoms with Crippen molar-refractivity contribution in [2.75, 3.05) is 20.6 Å². The average Bonchev–Trinajstić information content (AvgIpc) is 2.92. The van der Waals surface area contributed by atoms with E-state index in [2.05, 4.69) is 50.2 Å². The van der Waals surface area contributed by atoms with Crippen LogP contribution in [-0.2, 0) is 31.7 Å². The molecule has 0 fully saturated rings. The number of carbonyl (C=O) groups excluding carboxylic acids is 1. The smallest absolute Gasteiger partial charge is 0.306 e. The summed E-state index contributed by atoms with van der Waals surface area (Å²) in [6.07, 6.45) is 1.04. The van der Waals surface area contributed by atoms with E-state index >= 15 is 0 Å². The highest BCUT2D eigenvalue weighted by molar-refractivity contribution is 7.85. The number of benzene rings is 4. The molecule has 4 rings (SSSR count). The largest absolute Gasteiger partial charge is 0.453 e. The maximum atomic E-state index is 12.3. The first-order valence-electron chi connectivity index (χ1n) is 13.0. The predicted octanol–water partition coefficient (Wildman–Crippen LogP) is 5.54. The molecule has 0 heterocycles. The molecule has 7 nitrogen and oxygen atoms in total. The lowest BCUT2D eigenvalue weighted by Crippen LogP contribution is -2.44. The van der Waals surface area contributed by atoms with E-state index in [0.29, 0.717) is 12.8 Å². The standard InChI is InChI=1S/C22H29NO2.C10H8O3S.H2O/c1-5-21(24)25-22(18(2)17-23(3)4,20-14-10-7-11-15-20)16-19-12-8-6-9-13-19;11-14(12,13)10-6-5-8-3-1-2-4-9(8)7-10;/h6-15,18H,5,16-17H2,1-4H3;1-7H,(H,11,12,13);1H2/t18-,22-;;/m1../s1. The molecule has 8 heteroatoms. The molecule has 0 radical (unpaired) electrons. The first-order chi connectivity index (χ1) is 18.5. The van der Waals surface area contributed by atoms with Gasteiger partial charge in [-0.25, -0.2) is 0 Å². The Morgan fingerprint density at radius 3 is 1.98 bits per heavy atom. The highest BCUT2D eigenvalue weighted by Crippen LogP contribution is 2.38. The fraction of sp³-hybridized carbons (Fsp3) is 0.281. The van der Waals surface area contributed by atoms with Gasteiger partial charge in [-0.15, -0.1) is 0 Å². The Morgan fingerprint density at radius 2 is 1.43 bits per heavy atom. The number of rotatable bonds is 9. The van der Waals surface area contributed by atoms with Crippen LogP contribution in [0.5, 0.6) is 0 Å². The lowest BCUT2D eigenvalue weighted by molar-refractivity contribution is -0.168. The van der Waals surface area contributed by atoms with E-state index in [4.69, 9.17) is 9.29 Å². The summed E-state index contributed by atoms with van der Waals surface area (Å²) >= 11 is 0. The Labute approximate surface area is 237 Å². The fourth-order valence-electron chi connectivity index (χ4n) is 4.67. The van der Waals surface area contributed by atoms with Crippen LogP contribution in [0.15, 0.2) is 108 Å². The maximum absolute atomic E-state index is 12.3. The summed E-state index contributed by atoms with van der Waals surface area (Å²) < 4.78 is 36.7. The average molecular weight is 566 g/mol. The highest BCUT2D eigenvalue weighted by Gasteiger charge is 2.42. The van der Waals surface area contributed by atoms with Gasteiger partial charge in [-0.2, -0.15) is 8.42 Å². The molecule has 0 aliphatic carbocycles. The Bertz CT molecular complexity index is 1460. The number of nitrogens with zero attached hydrogens (tertiary/aromatic N) is 1. The van der Waals surface area contributed by atoms with Crippen LogP contribution in [0.3, 0.4) is 0 Å². The van der Waals surface area contributed by atoms with Crippen molar-refractivity contribution >= 4 is 26.9 Å². The van der Waals surface area contributed by atoms with Crippen molar-refractivity contribution < 1.29 is 28.0 Å². The summed E-state index contributed by atoms with van der Waals surface area (Å²) in [7, 11) is 0.00971. The quantitative estimate of drug-likeness (QED) is 0.211. The molecule has 40 heavy (non-hydrogen) atoms. The number of hydrogen-bond acceptors (Lipinski definition) is 5. The molecule has 0 amide bonds. The van der Waals surface area contributed by atoms with Gasteiger partial charge in [-0.3, -0.25) is 9.35 Å². The second-order valence-electron chi connectivity index (χ2n) is 9.89. The van der Waals surface area contributed by atoms with Crippen molar-refractivity contribution in [3.8, 4) is 0 Å². The predicted molar refractivity (Wildman–Crippen MR) is 160 cm³/mol. The number of ether oxygens (including phenoxy) is 1. The minimum atomic E-state index is -4.09. The maximum Gasteiger partial charge on any atom is 0.306 e. The molecule has 0 spiro atoms. The highest BCUT2D eigenvalue weighted by atomic mass is 32.2. The molecule has 0 aliphatic rings. The fourth-order valence-corrected chi connectivity index (χ4v) is 5.19. The number of fused-ring (bicyclic) bond motifs is 1. The van der Waals surface area contributed by atoms with Gasteiger partial charge < -0.3 is 15.1 Å². The minimum Gasteiger partial charge on any atom is -0.453 e. The lowest BCUT2D eigenvalue weighted by Gasteiger charge is -2.40. The van der Waals surface area contributed by atoms with Gasteiger partial charge in [0.15, 0.2) is 0 Å². The molecular weight excluding hydrogens is 526 g/mol. The summed E-state index contributed by atoms with van der Waals surface area (Å²) in [4.78, 5) is 14.4. The molecule has 214 valence electrons. The van der Waals surface area contributed by atoms with Crippen LogP contribution in [-0.4, -0.2) is 50.0 Å². The summed E-state index contributed by atoms with van der Waals surface area (Å²) in [6, 6.07) is 32.3. The van der Waals surface area contributed by atoms with E-state index < -0.39 is 15.7 Å². The van der Waals surface area contributed by atoms with E-state index in [1.54, 1.807) is 12.1 Å². The molecule has 0 aromatic heterocycles. The van der Waals surface area contributed by atoms with Crippen LogP contribution in [0.1, 0.15) is 31.4 Å². The van der Waals surface area contributed by atoms with Crippen LogP contribution >= 0.6 is 0 Å². The Balaban J connectivity index is 0.000000316. The van der Waals surface area contributed by atoms with Crippen LogP contribution in [0, 0.1) is 5.92 Å². The Hall–Kier alpha value is -3.56. The molecule has 0 saturated carbocycles. The first kappa shape index (κ1) is 32.7. The Morgan fingerprint density at radius 1 is 0.875 bits per heavy atom. The molecule has 3 N–H and O–H groups in total. The number of esters is 1. The van der Waals surface area contributed by atoms with Crippen molar-refractivity contribution in [1.82, 2.24) is 4.90 Å². The van der Waals surface area contributed by atoms with E-state index in [0.717, 1.165) is 22.9 Å². The minimum absolute atomic E-state index is 0. The third-order valence-corrected chi connectivity index (χ3v) is 7.46. The molecule has 4 aromatic carbocycles. The zero-order valence-corrected chi connectivity index (χ0v) is 24.3. The van der Waals surface area contributed by atoms with Gasteiger partial charge in [-0.05, 0) is 48.1 Å². The molecule has 0 saturated heterocycles. The third-order valence-electron chi connectivity index (χ3n) is 6.61. The van der Waals surface area contributed by atoms with Crippen LogP contribution in [0.4, 0.5) is 0 Å². The van der Waals surface area contributed by atoms with E-state index in [-0.39, 0.29) is 22.3 Å². The molecule has 0 bridgehead atoms. The topological polar surface area (TPSA) is 115 Å². The summed E-state index contributed by atoms with van der Waals surface area (Å²) in [6.45, 7) is 4.84. The monoisotopic (exact) mass is 565 g/mol. The van der Waals surface area contributed by atoms with Gasteiger partial charge in [0.05, 0.1) is 4.90 Å². The van der Waals surface area contributed by atoms with E-state index in [1.165, 1.54) is 17.7 Å². The van der Waals surface area contributed by atoms with Crippen molar-refractivity contribution in [2.45, 2.75) is 37.2 Å². The summed E-state index contributed by atoms with van der Waals surface area (Å²) in [5, 5.41) is 1.74. The lowest BCUT2D eigenvalue weighted by atomic mass is 9.77. The van der Waals surface area contributed by atoms with Gasteiger partial charge in [0, 0.05) is 25.3 Å². The molecular formula is C32H39NO6S. The van der Waals surface area contributed by atoms with E-state index in [1.807, 2.05) is 61.5 Å². The number of carbonyl (C=O) groups is 1. The summed E-state index contributed by atoms with van der Waals surface area (Å²) in [5.74, 6) is -0.0222. The van der Waals surface area contributed by atoms with Crippen molar-refractivity contribution in [3.05, 3.63) is 114 Å². The Kier molecular flexibility index (Phi) is 12.0. The molecule has 2 atom stereocenters. The molecule has 0 unspecified atom stereocenters. The van der Waals surface area contributed by atoms with Crippen LogP contribution < -0.4 is 0 Å². The molecule has 0 aliphatic heterocycles. The van der Waals surface area contributed by atoms with Crippen molar-refractivity contribution in [1.29, 1.82) is 0 Å². The van der Waals surface area contributed by atoms with Gasteiger partial charge in [0.2, 0.25) is 0 Å². The second-order valence-corrected chi connectivity index (χ2v) is 11.3. The van der Waals surface area contributed by atoms with Crippen molar-refractivity contribution in [2.24, 2.45) is 5.92 Å². The van der Waals surface area contributed by atoms with Crippen LogP contribution in [0.2, 0.25) is 0 Å². The van der Waals surface area contributed by atoms with Gasteiger partial charge in [0.25, 0.3) is 10.1 Å².